The fourth-order valence-corrected chi connectivity index (χ4v) is 2.69. The zero-order valence-corrected chi connectivity index (χ0v) is 13.2. The highest BCUT2D eigenvalue weighted by molar-refractivity contribution is 5.78. The van der Waals surface area contributed by atoms with Crippen molar-refractivity contribution in [3.05, 3.63) is 23.9 Å². The summed E-state index contributed by atoms with van der Waals surface area (Å²) in [7, 11) is 0. The molecule has 0 unspecified atom stereocenters. The van der Waals surface area contributed by atoms with Gasteiger partial charge in [-0.05, 0) is 20.3 Å². The van der Waals surface area contributed by atoms with Crippen molar-refractivity contribution in [2.75, 3.05) is 6.61 Å². The molecule has 5 heteroatoms. The van der Waals surface area contributed by atoms with E-state index in [0.29, 0.717) is 29.4 Å². The lowest BCUT2D eigenvalue weighted by molar-refractivity contribution is 0.103. The van der Waals surface area contributed by atoms with Crippen LogP contribution in [0.5, 0.6) is 17.2 Å². The molecule has 2 heterocycles. The average molecular weight is 303 g/mol. The minimum atomic E-state index is -0.560. The third-order valence-electron chi connectivity index (χ3n) is 3.88. The lowest BCUT2D eigenvalue weighted by Crippen LogP contribution is -2.28. The minimum absolute atomic E-state index is 0.0801. The van der Waals surface area contributed by atoms with Gasteiger partial charge >= 0.3 is 0 Å². The van der Waals surface area contributed by atoms with Crippen LogP contribution in [-0.4, -0.2) is 16.9 Å². The van der Waals surface area contributed by atoms with E-state index in [9.17, 15) is 5.11 Å². The molecule has 0 fully saturated rings. The van der Waals surface area contributed by atoms with Gasteiger partial charge in [0.25, 0.3) is 0 Å². The van der Waals surface area contributed by atoms with Gasteiger partial charge in [0, 0.05) is 12.1 Å². The number of ether oxygens (including phenoxy) is 2. The van der Waals surface area contributed by atoms with Crippen molar-refractivity contribution in [1.82, 2.24) is 5.16 Å². The third kappa shape index (κ3) is 2.51. The maximum Gasteiger partial charge on any atom is 0.181 e. The number of phenolic OH excluding ortho intramolecular Hbond substituents is 1. The molecule has 5 nitrogen and oxygen atoms in total. The first kappa shape index (κ1) is 14.8. The highest BCUT2D eigenvalue weighted by Gasteiger charge is 2.37. The highest BCUT2D eigenvalue weighted by Crippen LogP contribution is 2.50. The fraction of sp³-hybridized carbons (Fsp3) is 0.471. The van der Waals surface area contributed by atoms with E-state index in [1.165, 1.54) is 0 Å². The van der Waals surface area contributed by atoms with Crippen LogP contribution in [0.3, 0.4) is 0 Å². The molecule has 1 aromatic carbocycles. The van der Waals surface area contributed by atoms with Crippen LogP contribution in [0, 0.1) is 0 Å². The molecule has 0 spiro atoms. The second-order valence-electron chi connectivity index (χ2n) is 6.05. The van der Waals surface area contributed by atoms with E-state index in [2.05, 4.69) is 12.1 Å². The largest absolute Gasteiger partial charge is 0.507 e. The Labute approximate surface area is 129 Å². The van der Waals surface area contributed by atoms with E-state index >= 15 is 0 Å². The number of aromatic nitrogens is 1. The molecule has 118 valence electrons. The van der Waals surface area contributed by atoms with Crippen LogP contribution in [0.2, 0.25) is 0 Å². The molecule has 1 aliphatic heterocycles. The van der Waals surface area contributed by atoms with Gasteiger partial charge < -0.3 is 19.1 Å². The average Bonchev–Trinajstić information content (AvgIpc) is 2.93. The van der Waals surface area contributed by atoms with Gasteiger partial charge in [-0.1, -0.05) is 24.9 Å². The molecule has 0 saturated heterocycles. The van der Waals surface area contributed by atoms with Crippen LogP contribution < -0.4 is 9.47 Å². The number of phenols is 1. The number of benzene rings is 1. The molecule has 3 rings (SSSR count). The molecule has 0 amide bonds. The first-order chi connectivity index (χ1) is 10.5. The van der Waals surface area contributed by atoms with Crippen molar-refractivity contribution in [3.63, 3.8) is 0 Å². The van der Waals surface area contributed by atoms with E-state index in [1.54, 1.807) is 18.3 Å². The molecule has 1 N–H and O–H groups in total. The van der Waals surface area contributed by atoms with Gasteiger partial charge in [0.1, 0.15) is 28.4 Å². The van der Waals surface area contributed by atoms with Crippen molar-refractivity contribution < 1.29 is 19.1 Å². The second kappa shape index (κ2) is 5.55. The third-order valence-corrected chi connectivity index (χ3v) is 3.88. The van der Waals surface area contributed by atoms with Crippen LogP contribution in [0.4, 0.5) is 0 Å². The van der Waals surface area contributed by atoms with Gasteiger partial charge in [0.2, 0.25) is 0 Å². The van der Waals surface area contributed by atoms with E-state index in [0.717, 1.165) is 24.8 Å². The zero-order valence-electron chi connectivity index (χ0n) is 13.2. The summed E-state index contributed by atoms with van der Waals surface area (Å²) in [5, 5.41) is 14.2. The summed E-state index contributed by atoms with van der Waals surface area (Å²) in [4.78, 5) is 0. The predicted molar refractivity (Wildman–Crippen MR) is 82.3 cm³/mol. The topological polar surface area (TPSA) is 64.7 Å². The summed E-state index contributed by atoms with van der Waals surface area (Å²) >= 11 is 0. The Kier molecular flexibility index (Phi) is 3.72. The summed E-state index contributed by atoms with van der Waals surface area (Å²) in [5.74, 6) is 1.80. The molecule has 0 radical (unpaired) electrons. The summed E-state index contributed by atoms with van der Waals surface area (Å²) in [6.07, 6.45) is 4.89. The number of hydrogen-bond donors (Lipinski definition) is 1. The van der Waals surface area contributed by atoms with Gasteiger partial charge in [-0.15, -0.1) is 0 Å². The molecular weight excluding hydrogens is 282 g/mol. The van der Waals surface area contributed by atoms with Gasteiger partial charge in [-0.3, -0.25) is 0 Å². The molecule has 0 bridgehead atoms. The van der Waals surface area contributed by atoms with Crippen LogP contribution in [0.15, 0.2) is 22.9 Å². The Bertz CT molecular complexity index is 675. The van der Waals surface area contributed by atoms with E-state index in [-0.39, 0.29) is 5.75 Å². The lowest BCUT2D eigenvalue weighted by Gasteiger charge is -2.31. The molecule has 1 aliphatic rings. The Balaban J connectivity index is 1.92. The number of fused-ring (bicyclic) bond motifs is 3. The normalized spacial score (nSPS) is 14.9. The monoisotopic (exact) mass is 303 g/mol. The van der Waals surface area contributed by atoms with Crippen LogP contribution >= 0.6 is 0 Å². The van der Waals surface area contributed by atoms with Crippen LogP contribution in [-0.2, 0) is 5.60 Å². The zero-order chi connectivity index (χ0) is 15.7. The van der Waals surface area contributed by atoms with Gasteiger partial charge in [0.05, 0.1) is 18.4 Å². The van der Waals surface area contributed by atoms with Crippen molar-refractivity contribution in [2.24, 2.45) is 0 Å². The Morgan fingerprint density at radius 2 is 2.09 bits per heavy atom. The molecule has 2 aromatic rings. The smallest absolute Gasteiger partial charge is 0.181 e. The number of aromatic hydroxyl groups is 1. The number of nitrogens with zero attached hydrogens (tertiary/aromatic N) is 1. The number of hydrogen-bond acceptors (Lipinski definition) is 5. The Hall–Kier alpha value is -2.17. The molecule has 0 aliphatic carbocycles. The van der Waals surface area contributed by atoms with E-state index < -0.39 is 5.60 Å². The number of rotatable bonds is 5. The fourth-order valence-electron chi connectivity index (χ4n) is 2.69. The summed E-state index contributed by atoms with van der Waals surface area (Å²) in [6, 6.07) is 3.40. The maximum absolute atomic E-state index is 10.3. The molecular formula is C17H21NO4. The maximum atomic E-state index is 10.3. The van der Waals surface area contributed by atoms with Gasteiger partial charge in [0.15, 0.2) is 5.76 Å². The standard InChI is InChI=1S/C17H21NO4/c1-4-5-6-7-20-11-8-13(19)15-14(9-11)21-17(2,3)12-10-18-22-16(12)15/h8-10,19H,4-7H2,1-3H3. The number of unbranched alkanes of at least 4 members (excludes halogenated alkanes) is 2. The van der Waals surface area contributed by atoms with Gasteiger partial charge in [-0.2, -0.15) is 0 Å². The van der Waals surface area contributed by atoms with Crippen molar-refractivity contribution in [3.8, 4) is 28.6 Å². The van der Waals surface area contributed by atoms with Gasteiger partial charge in [-0.25, -0.2) is 0 Å². The molecule has 1 aromatic heterocycles. The molecule has 0 saturated carbocycles. The van der Waals surface area contributed by atoms with Crippen molar-refractivity contribution >= 4 is 0 Å². The SMILES string of the molecule is CCCCCOc1cc(O)c2c(c1)OC(C)(C)c1cnoc1-2. The Morgan fingerprint density at radius 1 is 1.27 bits per heavy atom. The summed E-state index contributed by atoms with van der Waals surface area (Å²) in [5.41, 5.74) is 0.801. The summed E-state index contributed by atoms with van der Waals surface area (Å²) < 4.78 is 17.0. The quantitative estimate of drug-likeness (QED) is 0.837. The molecule has 22 heavy (non-hydrogen) atoms. The first-order valence-electron chi connectivity index (χ1n) is 7.67. The minimum Gasteiger partial charge on any atom is -0.507 e. The first-order valence-corrected chi connectivity index (χ1v) is 7.67. The van der Waals surface area contributed by atoms with Crippen LogP contribution in [0.25, 0.3) is 11.3 Å². The van der Waals surface area contributed by atoms with E-state index in [4.69, 9.17) is 14.0 Å². The second-order valence-corrected chi connectivity index (χ2v) is 6.05. The Morgan fingerprint density at radius 3 is 2.86 bits per heavy atom. The predicted octanol–water partition coefficient (Wildman–Crippen LogP) is 4.24. The highest BCUT2D eigenvalue weighted by atomic mass is 16.5. The molecule has 0 atom stereocenters. The summed E-state index contributed by atoms with van der Waals surface area (Å²) in [6.45, 7) is 6.66. The van der Waals surface area contributed by atoms with E-state index in [1.807, 2.05) is 13.8 Å². The van der Waals surface area contributed by atoms with Crippen LogP contribution in [0.1, 0.15) is 45.6 Å². The van der Waals surface area contributed by atoms with Crippen molar-refractivity contribution in [1.29, 1.82) is 0 Å². The van der Waals surface area contributed by atoms with Crippen molar-refractivity contribution in [2.45, 2.75) is 45.6 Å². The lowest BCUT2D eigenvalue weighted by atomic mass is 9.92.